The second-order valence-corrected chi connectivity index (χ2v) is 9.83. The second kappa shape index (κ2) is 9.35. The van der Waals surface area contributed by atoms with Crippen molar-refractivity contribution in [2.75, 3.05) is 5.32 Å². The van der Waals surface area contributed by atoms with Crippen molar-refractivity contribution >= 4 is 32.4 Å². The van der Waals surface area contributed by atoms with E-state index in [9.17, 15) is 26.4 Å². The lowest BCUT2D eigenvalue weighted by Crippen LogP contribution is -2.47. The molecule has 3 rings (SSSR count). The molecule has 0 bridgehead atoms. The van der Waals surface area contributed by atoms with Crippen molar-refractivity contribution < 1.29 is 26.4 Å². The molecule has 2 aromatic carbocycles. The summed E-state index contributed by atoms with van der Waals surface area (Å²) in [6.07, 6.45) is -4.70. The van der Waals surface area contributed by atoms with E-state index in [0.29, 0.717) is 11.1 Å². The fourth-order valence-electron chi connectivity index (χ4n) is 2.72. The number of sulfonamides is 1. The van der Waals surface area contributed by atoms with Crippen molar-refractivity contribution in [2.45, 2.75) is 31.0 Å². The molecule has 32 heavy (non-hydrogen) atoms. The quantitative estimate of drug-likeness (QED) is 0.524. The monoisotopic (exact) mass is 484 g/mol. The molecule has 1 unspecified atom stereocenters. The fourth-order valence-corrected chi connectivity index (χ4v) is 4.86. The van der Waals surface area contributed by atoms with Gasteiger partial charge in [-0.15, -0.1) is 10.2 Å². The molecule has 1 heterocycles. The van der Waals surface area contributed by atoms with Crippen molar-refractivity contribution in [1.82, 2.24) is 14.9 Å². The number of carbonyl (C=O) groups is 1. The summed E-state index contributed by atoms with van der Waals surface area (Å²) in [6, 6.07) is 11.2. The zero-order chi connectivity index (χ0) is 23.5. The Balaban J connectivity index is 1.78. The Morgan fingerprint density at radius 1 is 1.03 bits per heavy atom. The normalized spacial score (nSPS) is 13.2. The van der Waals surface area contributed by atoms with Gasteiger partial charge in [0.1, 0.15) is 11.0 Å². The molecule has 0 saturated heterocycles. The lowest BCUT2D eigenvalue weighted by Gasteiger charge is -2.21. The minimum atomic E-state index is -4.70. The molecular weight excluding hydrogens is 465 g/mol. The number of nitrogens with zero attached hydrogens (tertiary/aromatic N) is 2. The molecular formula is C20H19F3N4O3S2. The van der Waals surface area contributed by atoms with Gasteiger partial charge in [0.15, 0.2) is 0 Å². The maximum atomic E-state index is 13.0. The molecule has 170 valence electrons. The lowest BCUT2D eigenvalue weighted by atomic mass is 10.1. The molecule has 0 aliphatic heterocycles. The number of hydrogen-bond donors (Lipinski definition) is 2. The topological polar surface area (TPSA) is 101 Å². The van der Waals surface area contributed by atoms with Gasteiger partial charge in [0.05, 0.1) is 10.5 Å². The van der Waals surface area contributed by atoms with Gasteiger partial charge < -0.3 is 0 Å². The average molecular weight is 485 g/mol. The molecule has 0 radical (unpaired) electrons. The summed E-state index contributed by atoms with van der Waals surface area (Å²) in [6.45, 7) is 3.21. The Hall–Kier alpha value is -2.83. The van der Waals surface area contributed by atoms with E-state index in [-0.39, 0.29) is 5.13 Å². The van der Waals surface area contributed by atoms with Crippen LogP contribution in [0.1, 0.15) is 19.4 Å². The van der Waals surface area contributed by atoms with E-state index in [1.165, 1.54) is 0 Å². The summed E-state index contributed by atoms with van der Waals surface area (Å²) in [7, 11) is -4.41. The minimum absolute atomic E-state index is 0.165. The van der Waals surface area contributed by atoms with Gasteiger partial charge in [-0.25, -0.2) is 8.42 Å². The molecule has 0 spiro atoms. The first-order chi connectivity index (χ1) is 15.0. The molecule has 1 aromatic heterocycles. The Morgan fingerprint density at radius 3 is 2.34 bits per heavy atom. The first kappa shape index (κ1) is 23.8. The number of anilines is 1. The first-order valence-corrected chi connectivity index (χ1v) is 11.7. The number of halogens is 3. The number of benzene rings is 2. The SMILES string of the molecule is CC(C)C(NS(=O)(=O)c1cccc(C(F)(F)F)c1)C(=O)Nc1nnc(-c2ccccc2)s1. The van der Waals surface area contributed by atoms with Crippen LogP contribution in [0.25, 0.3) is 10.6 Å². The van der Waals surface area contributed by atoms with Crippen molar-refractivity contribution in [3.05, 3.63) is 60.2 Å². The molecule has 12 heteroatoms. The molecule has 0 saturated carbocycles. The van der Waals surface area contributed by atoms with Crippen molar-refractivity contribution in [3.63, 3.8) is 0 Å². The number of alkyl halides is 3. The van der Waals surface area contributed by atoms with Gasteiger partial charge in [-0.1, -0.05) is 61.6 Å². The Labute approximate surface area is 186 Å². The Morgan fingerprint density at radius 2 is 1.72 bits per heavy atom. The largest absolute Gasteiger partial charge is 0.416 e. The predicted molar refractivity (Wildman–Crippen MR) is 114 cm³/mol. The van der Waals surface area contributed by atoms with Crippen molar-refractivity contribution in [2.24, 2.45) is 5.92 Å². The predicted octanol–water partition coefficient (Wildman–Crippen LogP) is 4.17. The van der Waals surface area contributed by atoms with Crippen LogP contribution < -0.4 is 10.0 Å². The van der Waals surface area contributed by atoms with Crippen molar-refractivity contribution in [1.29, 1.82) is 0 Å². The summed E-state index contributed by atoms with van der Waals surface area (Å²) < 4.78 is 66.4. The van der Waals surface area contributed by atoms with Crippen LogP contribution in [-0.2, 0) is 21.0 Å². The van der Waals surface area contributed by atoms with Crippen LogP contribution in [0.2, 0.25) is 0 Å². The lowest BCUT2D eigenvalue weighted by molar-refractivity contribution is -0.137. The number of rotatable bonds is 7. The van der Waals surface area contributed by atoms with Crippen LogP contribution in [0.4, 0.5) is 18.3 Å². The van der Waals surface area contributed by atoms with Gasteiger partial charge >= 0.3 is 6.18 Å². The maximum Gasteiger partial charge on any atom is 0.416 e. The van der Waals surface area contributed by atoms with E-state index in [0.717, 1.165) is 35.1 Å². The number of hydrogen-bond acceptors (Lipinski definition) is 6. The fraction of sp³-hybridized carbons (Fsp3) is 0.250. The van der Waals surface area contributed by atoms with E-state index in [4.69, 9.17) is 0 Å². The molecule has 1 atom stereocenters. The highest BCUT2D eigenvalue weighted by molar-refractivity contribution is 7.89. The summed E-state index contributed by atoms with van der Waals surface area (Å²) >= 11 is 1.11. The van der Waals surface area contributed by atoms with Crippen LogP contribution in [0.15, 0.2) is 59.5 Å². The Bertz CT molecular complexity index is 1200. The maximum absolute atomic E-state index is 13.0. The zero-order valence-corrected chi connectivity index (χ0v) is 18.6. The van der Waals surface area contributed by atoms with Crippen LogP contribution in [-0.4, -0.2) is 30.6 Å². The molecule has 0 fully saturated rings. The van der Waals surface area contributed by atoms with E-state index < -0.39 is 44.5 Å². The van der Waals surface area contributed by atoms with E-state index in [1.54, 1.807) is 13.8 Å². The molecule has 0 aliphatic rings. The summed E-state index contributed by atoms with van der Waals surface area (Å²) in [4.78, 5) is 12.2. The van der Waals surface area contributed by atoms with Crippen molar-refractivity contribution in [3.8, 4) is 10.6 Å². The van der Waals surface area contributed by atoms with Gasteiger partial charge in [-0.05, 0) is 24.1 Å². The third-order valence-corrected chi connectivity index (χ3v) is 6.71. The van der Waals surface area contributed by atoms with Gasteiger partial charge in [-0.2, -0.15) is 17.9 Å². The van der Waals surface area contributed by atoms with E-state index in [1.807, 2.05) is 30.3 Å². The third kappa shape index (κ3) is 5.69. The molecule has 3 aromatic rings. The number of aromatic nitrogens is 2. The van der Waals surface area contributed by atoms with Crippen LogP contribution in [0.3, 0.4) is 0 Å². The highest BCUT2D eigenvalue weighted by Crippen LogP contribution is 2.31. The van der Waals surface area contributed by atoms with E-state index in [2.05, 4.69) is 20.2 Å². The standard InChI is InChI=1S/C20H19F3N4O3S2/c1-12(2)16(27-32(29,30)15-10-6-9-14(11-15)20(21,22)23)17(28)24-19-26-25-18(31-19)13-7-4-3-5-8-13/h3-12,16,27H,1-2H3,(H,24,26,28). The smallest absolute Gasteiger partial charge is 0.299 e. The van der Waals surface area contributed by atoms with E-state index >= 15 is 0 Å². The third-order valence-electron chi connectivity index (χ3n) is 4.38. The van der Waals surface area contributed by atoms with Gasteiger partial charge in [0.25, 0.3) is 0 Å². The summed E-state index contributed by atoms with van der Waals surface area (Å²) in [5.74, 6) is -1.21. The summed E-state index contributed by atoms with van der Waals surface area (Å²) in [5, 5.41) is 11.2. The minimum Gasteiger partial charge on any atom is -0.299 e. The molecule has 2 N–H and O–H groups in total. The molecule has 1 amide bonds. The average Bonchev–Trinajstić information content (AvgIpc) is 3.20. The van der Waals surface area contributed by atoms with Crippen LogP contribution in [0, 0.1) is 5.92 Å². The number of carbonyl (C=O) groups excluding carboxylic acids is 1. The molecule has 7 nitrogen and oxygen atoms in total. The van der Waals surface area contributed by atoms with Crippen LogP contribution in [0.5, 0.6) is 0 Å². The zero-order valence-electron chi connectivity index (χ0n) is 16.9. The number of amides is 1. The van der Waals surface area contributed by atoms with Gasteiger partial charge in [0, 0.05) is 5.56 Å². The highest BCUT2D eigenvalue weighted by atomic mass is 32.2. The first-order valence-electron chi connectivity index (χ1n) is 9.37. The van der Waals surface area contributed by atoms with Gasteiger partial charge in [0.2, 0.25) is 21.1 Å². The Kier molecular flexibility index (Phi) is 6.96. The second-order valence-electron chi connectivity index (χ2n) is 7.14. The summed E-state index contributed by atoms with van der Waals surface area (Å²) in [5.41, 5.74) is -0.301. The number of nitrogens with one attached hydrogen (secondary N) is 2. The van der Waals surface area contributed by atoms with Gasteiger partial charge in [-0.3, -0.25) is 10.1 Å². The molecule has 0 aliphatic carbocycles. The highest BCUT2D eigenvalue weighted by Gasteiger charge is 2.33. The van der Waals surface area contributed by atoms with Crippen LogP contribution >= 0.6 is 11.3 Å².